The van der Waals surface area contributed by atoms with Gasteiger partial charge in [-0.2, -0.15) is 0 Å². The van der Waals surface area contributed by atoms with E-state index < -0.39 is 17.0 Å². The fourth-order valence-electron chi connectivity index (χ4n) is 3.08. The van der Waals surface area contributed by atoms with Crippen LogP contribution in [0, 0.1) is 10.1 Å². The van der Waals surface area contributed by atoms with Crippen LogP contribution in [0.4, 0.5) is 5.69 Å². The zero-order chi connectivity index (χ0) is 21.5. The van der Waals surface area contributed by atoms with Crippen molar-refractivity contribution >= 4 is 17.6 Å². The lowest BCUT2D eigenvalue weighted by Crippen LogP contribution is -2.44. The second-order valence-electron chi connectivity index (χ2n) is 6.51. The monoisotopic (exact) mass is 414 g/mol. The minimum absolute atomic E-state index is 0.0409. The maximum atomic E-state index is 13.0. The van der Waals surface area contributed by atoms with Crippen LogP contribution in [0.1, 0.15) is 28.9 Å². The van der Waals surface area contributed by atoms with Crippen LogP contribution in [0.3, 0.4) is 0 Å². The molecule has 0 aliphatic carbocycles. The Morgan fingerprint density at radius 2 is 1.87 bits per heavy atom. The molecular formula is C21H22N2O7. The molecule has 0 N–H and O–H groups in total. The van der Waals surface area contributed by atoms with Gasteiger partial charge in [0.15, 0.2) is 5.75 Å². The summed E-state index contributed by atoms with van der Waals surface area (Å²) in [5.41, 5.74) is 0.130. The SMILES string of the molecule is CCOc1ccc(C(=O)O[C@@H](C(=O)N2CCOCC2)c2ccccc2)cc1[N+](=O)[O-]. The number of esters is 1. The van der Waals surface area contributed by atoms with Crippen LogP contribution < -0.4 is 4.74 Å². The molecule has 1 heterocycles. The number of amides is 1. The van der Waals surface area contributed by atoms with Crippen molar-refractivity contribution in [2.45, 2.75) is 13.0 Å². The van der Waals surface area contributed by atoms with Crippen molar-refractivity contribution in [3.63, 3.8) is 0 Å². The molecule has 1 fully saturated rings. The number of hydrogen-bond acceptors (Lipinski definition) is 7. The number of carbonyl (C=O) groups excluding carboxylic acids is 2. The third-order valence-electron chi connectivity index (χ3n) is 4.57. The van der Waals surface area contributed by atoms with Crippen molar-refractivity contribution in [2.75, 3.05) is 32.9 Å². The van der Waals surface area contributed by atoms with Gasteiger partial charge in [-0.25, -0.2) is 4.79 Å². The molecule has 9 heteroatoms. The number of hydrogen-bond donors (Lipinski definition) is 0. The van der Waals surface area contributed by atoms with Crippen molar-refractivity contribution in [2.24, 2.45) is 0 Å². The van der Waals surface area contributed by atoms with Crippen LogP contribution in [0.2, 0.25) is 0 Å². The summed E-state index contributed by atoms with van der Waals surface area (Å²) in [5, 5.41) is 11.3. The number of morpholine rings is 1. The van der Waals surface area contributed by atoms with Crippen LogP contribution in [0.15, 0.2) is 48.5 Å². The number of carbonyl (C=O) groups is 2. The molecule has 0 spiro atoms. The largest absolute Gasteiger partial charge is 0.487 e. The Hall–Kier alpha value is -3.46. The number of benzene rings is 2. The first-order valence-electron chi connectivity index (χ1n) is 9.55. The van der Waals surface area contributed by atoms with E-state index in [-0.39, 0.29) is 29.5 Å². The Bertz CT molecular complexity index is 911. The summed E-state index contributed by atoms with van der Waals surface area (Å²) in [6.07, 6.45) is -1.16. The van der Waals surface area contributed by atoms with Gasteiger partial charge in [0.25, 0.3) is 5.91 Å². The highest BCUT2D eigenvalue weighted by Gasteiger charge is 2.31. The van der Waals surface area contributed by atoms with Gasteiger partial charge in [-0.05, 0) is 19.1 Å². The van der Waals surface area contributed by atoms with E-state index in [4.69, 9.17) is 14.2 Å². The molecule has 30 heavy (non-hydrogen) atoms. The zero-order valence-electron chi connectivity index (χ0n) is 16.5. The van der Waals surface area contributed by atoms with Crippen LogP contribution in [0.5, 0.6) is 5.75 Å². The maximum Gasteiger partial charge on any atom is 0.339 e. The molecule has 0 bridgehead atoms. The Morgan fingerprint density at radius 1 is 1.17 bits per heavy atom. The van der Waals surface area contributed by atoms with E-state index >= 15 is 0 Å². The first-order valence-corrected chi connectivity index (χ1v) is 9.55. The first kappa shape index (κ1) is 21.3. The van der Waals surface area contributed by atoms with Gasteiger partial charge in [0.2, 0.25) is 6.10 Å². The minimum Gasteiger partial charge on any atom is -0.487 e. The van der Waals surface area contributed by atoms with E-state index in [2.05, 4.69) is 0 Å². The number of nitro benzene ring substituents is 1. The van der Waals surface area contributed by atoms with Gasteiger partial charge in [0, 0.05) is 24.7 Å². The average molecular weight is 414 g/mol. The highest BCUT2D eigenvalue weighted by atomic mass is 16.6. The Morgan fingerprint density at radius 3 is 2.50 bits per heavy atom. The first-order chi connectivity index (χ1) is 14.5. The number of rotatable bonds is 7. The lowest BCUT2D eigenvalue weighted by Gasteiger charge is -2.30. The molecule has 0 aromatic heterocycles. The maximum absolute atomic E-state index is 13.0. The second kappa shape index (κ2) is 9.84. The van der Waals surface area contributed by atoms with E-state index in [9.17, 15) is 19.7 Å². The zero-order valence-corrected chi connectivity index (χ0v) is 16.5. The molecule has 0 radical (unpaired) electrons. The molecule has 158 valence electrons. The van der Waals surface area contributed by atoms with Crippen LogP contribution in [-0.2, 0) is 14.3 Å². The highest BCUT2D eigenvalue weighted by Crippen LogP contribution is 2.29. The van der Waals surface area contributed by atoms with E-state index in [1.54, 1.807) is 42.2 Å². The minimum atomic E-state index is -1.16. The lowest BCUT2D eigenvalue weighted by atomic mass is 10.1. The predicted molar refractivity (Wildman–Crippen MR) is 106 cm³/mol. The Kier molecular flexibility index (Phi) is 6.97. The fraction of sp³-hybridized carbons (Fsp3) is 0.333. The summed E-state index contributed by atoms with van der Waals surface area (Å²) in [4.78, 5) is 38.1. The standard InChI is InChI=1S/C21H22N2O7/c1-2-29-18-9-8-16(14-17(18)23(26)27)21(25)30-19(15-6-4-3-5-7-15)20(24)22-10-12-28-13-11-22/h3-9,14,19H,2,10-13H2,1H3/t19-/m1/s1. The van der Waals surface area contributed by atoms with E-state index in [1.165, 1.54) is 12.1 Å². The molecule has 0 unspecified atom stereocenters. The normalized spacial score (nSPS) is 14.6. The van der Waals surface area contributed by atoms with Gasteiger partial charge in [-0.3, -0.25) is 14.9 Å². The molecule has 1 aliphatic rings. The lowest BCUT2D eigenvalue weighted by molar-refractivity contribution is -0.385. The molecule has 0 saturated carbocycles. The van der Waals surface area contributed by atoms with E-state index in [1.807, 2.05) is 0 Å². The van der Waals surface area contributed by atoms with Crippen molar-refractivity contribution in [3.05, 3.63) is 69.8 Å². The van der Waals surface area contributed by atoms with Crippen molar-refractivity contribution in [3.8, 4) is 5.75 Å². The predicted octanol–water partition coefficient (Wildman–Crippen LogP) is 2.75. The van der Waals surface area contributed by atoms with Gasteiger partial charge in [0.1, 0.15) is 0 Å². The third kappa shape index (κ3) is 4.93. The topological polar surface area (TPSA) is 108 Å². The molecule has 1 aliphatic heterocycles. The summed E-state index contributed by atoms with van der Waals surface area (Å²) in [6.45, 7) is 3.56. The van der Waals surface area contributed by atoms with Gasteiger partial charge in [0.05, 0.1) is 30.3 Å². The summed E-state index contributed by atoms with van der Waals surface area (Å²) in [7, 11) is 0. The quantitative estimate of drug-likeness (QED) is 0.389. The molecular weight excluding hydrogens is 392 g/mol. The fourth-order valence-corrected chi connectivity index (χ4v) is 3.08. The molecule has 2 aromatic carbocycles. The van der Waals surface area contributed by atoms with Gasteiger partial charge >= 0.3 is 11.7 Å². The smallest absolute Gasteiger partial charge is 0.339 e. The van der Waals surface area contributed by atoms with E-state index in [0.717, 1.165) is 6.07 Å². The molecule has 1 atom stereocenters. The Labute approximate surface area is 173 Å². The second-order valence-corrected chi connectivity index (χ2v) is 6.51. The van der Waals surface area contributed by atoms with Crippen molar-refractivity contribution < 1.29 is 28.7 Å². The third-order valence-corrected chi connectivity index (χ3v) is 4.57. The van der Waals surface area contributed by atoms with Gasteiger partial charge in [-0.15, -0.1) is 0 Å². The van der Waals surface area contributed by atoms with Crippen LogP contribution >= 0.6 is 0 Å². The summed E-state index contributed by atoms with van der Waals surface area (Å²) >= 11 is 0. The summed E-state index contributed by atoms with van der Waals surface area (Å²) in [6, 6.07) is 12.5. The highest BCUT2D eigenvalue weighted by molar-refractivity contribution is 5.93. The van der Waals surface area contributed by atoms with Crippen LogP contribution in [-0.4, -0.2) is 54.6 Å². The molecule has 1 saturated heterocycles. The molecule has 3 rings (SSSR count). The van der Waals surface area contributed by atoms with Crippen molar-refractivity contribution in [1.29, 1.82) is 0 Å². The van der Waals surface area contributed by atoms with E-state index in [0.29, 0.717) is 31.9 Å². The molecule has 9 nitrogen and oxygen atoms in total. The average Bonchev–Trinajstić information content (AvgIpc) is 2.78. The molecule has 2 aromatic rings. The van der Waals surface area contributed by atoms with Crippen LogP contribution in [0.25, 0.3) is 0 Å². The molecule has 1 amide bonds. The number of ether oxygens (including phenoxy) is 3. The Balaban J connectivity index is 1.87. The van der Waals surface area contributed by atoms with Gasteiger partial charge in [-0.1, -0.05) is 30.3 Å². The summed E-state index contributed by atoms with van der Waals surface area (Å²) in [5.74, 6) is -1.14. The summed E-state index contributed by atoms with van der Waals surface area (Å²) < 4.78 is 16.0. The van der Waals surface area contributed by atoms with Gasteiger partial charge < -0.3 is 19.1 Å². The number of nitro groups is 1. The van der Waals surface area contributed by atoms with Crippen molar-refractivity contribution in [1.82, 2.24) is 4.90 Å². The number of nitrogens with zero attached hydrogens (tertiary/aromatic N) is 2.